The van der Waals surface area contributed by atoms with Crippen LogP contribution in [0.25, 0.3) is 16.9 Å². The van der Waals surface area contributed by atoms with E-state index >= 15 is 0 Å². The number of rotatable bonds is 2. The Morgan fingerprint density at radius 1 is 1.09 bits per heavy atom. The van der Waals surface area contributed by atoms with Crippen molar-refractivity contribution in [1.82, 2.24) is 19.7 Å². The lowest BCUT2D eigenvalue weighted by molar-refractivity contribution is -0.137. The minimum atomic E-state index is -4.55. The van der Waals surface area contributed by atoms with Crippen molar-refractivity contribution in [3.8, 4) is 16.9 Å². The number of halogens is 4. The van der Waals surface area contributed by atoms with Crippen LogP contribution in [0.5, 0.6) is 0 Å². The molecule has 0 aliphatic rings. The van der Waals surface area contributed by atoms with Crippen LogP contribution >= 0.6 is 0 Å². The molecule has 0 aliphatic heterocycles. The fourth-order valence-corrected chi connectivity index (χ4v) is 1.91. The third-order valence-corrected chi connectivity index (χ3v) is 2.98. The third kappa shape index (κ3) is 2.67. The Morgan fingerprint density at radius 3 is 2.59 bits per heavy atom. The molecule has 0 spiro atoms. The van der Waals surface area contributed by atoms with Crippen LogP contribution < -0.4 is 0 Å². The fraction of sp³-hybridized carbons (Fsp3) is 0.0714. The van der Waals surface area contributed by atoms with Gasteiger partial charge in [0.05, 0.1) is 17.5 Å². The number of hydrogen-bond acceptors (Lipinski definition) is 3. The zero-order chi connectivity index (χ0) is 15.7. The zero-order valence-electron chi connectivity index (χ0n) is 10.9. The Bertz CT molecular complexity index is 796. The lowest BCUT2D eigenvalue weighted by Gasteiger charge is -2.09. The Morgan fingerprint density at radius 2 is 1.91 bits per heavy atom. The van der Waals surface area contributed by atoms with Crippen LogP contribution in [0, 0.1) is 5.82 Å². The van der Waals surface area contributed by atoms with E-state index in [2.05, 4.69) is 15.1 Å². The molecule has 0 amide bonds. The average molecular weight is 308 g/mol. The number of alkyl halides is 3. The zero-order valence-corrected chi connectivity index (χ0v) is 10.9. The van der Waals surface area contributed by atoms with Gasteiger partial charge in [-0.3, -0.25) is 0 Å². The van der Waals surface area contributed by atoms with E-state index in [0.717, 1.165) is 10.7 Å². The van der Waals surface area contributed by atoms with Crippen LogP contribution in [-0.4, -0.2) is 19.7 Å². The molecule has 0 aliphatic carbocycles. The van der Waals surface area contributed by atoms with Crippen LogP contribution in [-0.2, 0) is 6.18 Å². The molecule has 0 atom stereocenters. The van der Waals surface area contributed by atoms with Gasteiger partial charge in [0.2, 0.25) is 0 Å². The van der Waals surface area contributed by atoms with Gasteiger partial charge in [-0.25, -0.2) is 19.0 Å². The van der Waals surface area contributed by atoms with Crippen molar-refractivity contribution >= 4 is 0 Å². The molecule has 8 heteroatoms. The van der Waals surface area contributed by atoms with Gasteiger partial charge in [-0.1, -0.05) is 0 Å². The van der Waals surface area contributed by atoms with Gasteiger partial charge in [-0.2, -0.15) is 18.3 Å². The molecule has 0 fully saturated rings. The number of nitrogens with zero attached hydrogens (tertiary/aromatic N) is 4. The van der Waals surface area contributed by atoms with E-state index in [1.54, 1.807) is 6.07 Å². The molecule has 4 nitrogen and oxygen atoms in total. The van der Waals surface area contributed by atoms with E-state index in [9.17, 15) is 17.6 Å². The van der Waals surface area contributed by atoms with Crippen LogP contribution in [0.15, 0.2) is 49.2 Å². The summed E-state index contributed by atoms with van der Waals surface area (Å²) in [6.07, 6.45) is 1.09. The minimum Gasteiger partial charge on any atom is -0.245 e. The highest BCUT2D eigenvalue weighted by molar-refractivity contribution is 5.57. The molecule has 3 aromatic rings. The first-order valence-electron chi connectivity index (χ1n) is 6.13. The lowest BCUT2D eigenvalue weighted by Crippen LogP contribution is -2.07. The molecule has 0 radical (unpaired) electrons. The molecule has 112 valence electrons. The standard InChI is InChI=1S/C14H8F4N4/c15-11-2-1-10(14(16,17)18)5-13(11)22-7-9(6-21-22)12-3-4-19-8-20-12/h1-8H. The van der Waals surface area contributed by atoms with Crippen LogP contribution in [0.1, 0.15) is 5.56 Å². The molecule has 22 heavy (non-hydrogen) atoms. The van der Waals surface area contributed by atoms with E-state index in [4.69, 9.17) is 0 Å². The van der Waals surface area contributed by atoms with Gasteiger partial charge in [0.1, 0.15) is 17.8 Å². The first kappa shape index (κ1) is 14.2. The quantitative estimate of drug-likeness (QED) is 0.681. The van der Waals surface area contributed by atoms with Gasteiger partial charge in [0, 0.05) is 18.0 Å². The van der Waals surface area contributed by atoms with Gasteiger partial charge >= 0.3 is 6.18 Å². The second-order valence-corrected chi connectivity index (χ2v) is 4.43. The van der Waals surface area contributed by atoms with E-state index in [-0.39, 0.29) is 5.69 Å². The van der Waals surface area contributed by atoms with Gasteiger partial charge in [0.25, 0.3) is 0 Å². The molecule has 0 unspecified atom stereocenters. The van der Waals surface area contributed by atoms with Gasteiger partial charge in [-0.05, 0) is 24.3 Å². The van der Waals surface area contributed by atoms with Gasteiger partial charge in [-0.15, -0.1) is 0 Å². The molecule has 0 saturated heterocycles. The summed E-state index contributed by atoms with van der Waals surface area (Å²) in [4.78, 5) is 7.76. The summed E-state index contributed by atoms with van der Waals surface area (Å²) in [6.45, 7) is 0. The molecule has 3 rings (SSSR count). The summed E-state index contributed by atoms with van der Waals surface area (Å²) < 4.78 is 53.0. The van der Waals surface area contributed by atoms with E-state index in [0.29, 0.717) is 23.4 Å². The highest BCUT2D eigenvalue weighted by Gasteiger charge is 2.31. The maximum atomic E-state index is 13.8. The van der Waals surface area contributed by atoms with Crippen LogP contribution in [0.4, 0.5) is 17.6 Å². The van der Waals surface area contributed by atoms with Crippen LogP contribution in [0.2, 0.25) is 0 Å². The van der Waals surface area contributed by atoms with Crippen molar-refractivity contribution < 1.29 is 17.6 Å². The minimum absolute atomic E-state index is 0.282. The highest BCUT2D eigenvalue weighted by atomic mass is 19.4. The normalized spacial score (nSPS) is 11.6. The summed E-state index contributed by atoms with van der Waals surface area (Å²) in [5, 5.41) is 3.90. The molecular weight excluding hydrogens is 300 g/mol. The van der Waals surface area contributed by atoms with E-state index in [1.807, 2.05) is 0 Å². The molecule has 0 saturated carbocycles. The van der Waals surface area contributed by atoms with Crippen molar-refractivity contribution in [1.29, 1.82) is 0 Å². The molecule has 2 heterocycles. The van der Waals surface area contributed by atoms with Crippen molar-refractivity contribution in [2.45, 2.75) is 6.18 Å². The Hall–Kier alpha value is -2.77. The fourth-order valence-electron chi connectivity index (χ4n) is 1.91. The summed E-state index contributed by atoms with van der Waals surface area (Å²) >= 11 is 0. The second-order valence-electron chi connectivity index (χ2n) is 4.43. The summed E-state index contributed by atoms with van der Waals surface area (Å²) in [5.41, 5.74) is -0.147. The van der Waals surface area contributed by atoms with Crippen molar-refractivity contribution in [2.75, 3.05) is 0 Å². The molecular formula is C14H8F4N4. The summed E-state index contributed by atoms with van der Waals surface area (Å²) in [5.74, 6) is -0.801. The average Bonchev–Trinajstić information content (AvgIpc) is 2.97. The first-order chi connectivity index (χ1) is 10.4. The monoisotopic (exact) mass is 308 g/mol. The summed E-state index contributed by atoms with van der Waals surface area (Å²) in [7, 11) is 0. The topological polar surface area (TPSA) is 43.6 Å². The predicted octanol–water partition coefficient (Wildman–Crippen LogP) is 3.49. The Labute approximate surface area is 122 Å². The van der Waals surface area contributed by atoms with Gasteiger partial charge < -0.3 is 0 Å². The van der Waals surface area contributed by atoms with Gasteiger partial charge in [0.15, 0.2) is 0 Å². The third-order valence-electron chi connectivity index (χ3n) is 2.98. The van der Waals surface area contributed by atoms with E-state index in [1.165, 1.54) is 24.9 Å². The molecule has 0 N–H and O–H groups in total. The first-order valence-corrected chi connectivity index (χ1v) is 6.13. The summed E-state index contributed by atoms with van der Waals surface area (Å²) in [6, 6.07) is 3.79. The molecule has 2 aromatic heterocycles. The van der Waals surface area contributed by atoms with E-state index < -0.39 is 17.6 Å². The van der Waals surface area contributed by atoms with Crippen molar-refractivity contribution in [3.05, 3.63) is 60.6 Å². The predicted molar refractivity (Wildman–Crippen MR) is 69.6 cm³/mol. The maximum Gasteiger partial charge on any atom is 0.416 e. The highest BCUT2D eigenvalue weighted by Crippen LogP contribution is 2.31. The number of benzene rings is 1. The molecule has 0 bridgehead atoms. The Balaban J connectivity index is 2.04. The SMILES string of the molecule is Fc1ccc(C(F)(F)F)cc1-n1cc(-c2ccncn2)cn1. The van der Waals surface area contributed by atoms with Crippen molar-refractivity contribution in [2.24, 2.45) is 0 Å². The van der Waals surface area contributed by atoms with Crippen molar-refractivity contribution in [3.63, 3.8) is 0 Å². The smallest absolute Gasteiger partial charge is 0.245 e. The largest absolute Gasteiger partial charge is 0.416 e. The number of aromatic nitrogens is 4. The Kier molecular flexibility index (Phi) is 3.36. The maximum absolute atomic E-state index is 13.8. The number of hydrogen-bond donors (Lipinski definition) is 0. The second kappa shape index (κ2) is 5.21. The lowest BCUT2D eigenvalue weighted by atomic mass is 10.2. The molecule has 1 aromatic carbocycles. The van der Waals surface area contributed by atoms with Crippen LogP contribution in [0.3, 0.4) is 0 Å².